The first-order chi connectivity index (χ1) is 10.8. The molecule has 3 nitrogen and oxygen atoms in total. The Kier molecular flexibility index (Phi) is 2.90. The quantitative estimate of drug-likeness (QED) is 0.519. The fourth-order valence-electron chi connectivity index (χ4n) is 2.68. The van der Waals surface area contributed by atoms with Crippen LogP contribution in [-0.2, 0) is 5.11 Å². The summed E-state index contributed by atoms with van der Waals surface area (Å²) in [5, 5.41) is 11.6. The average Bonchev–Trinajstić information content (AvgIpc) is 2.95. The van der Waals surface area contributed by atoms with Gasteiger partial charge in [0.25, 0.3) is 0 Å². The summed E-state index contributed by atoms with van der Waals surface area (Å²) in [7, 11) is 0. The zero-order chi connectivity index (χ0) is 14.9. The number of hydrogen-bond donors (Lipinski definition) is 0. The first-order valence-electron chi connectivity index (χ1n) is 7.13. The van der Waals surface area contributed by atoms with E-state index in [1.165, 1.54) is 0 Å². The van der Waals surface area contributed by atoms with E-state index < -0.39 is 0 Å². The van der Waals surface area contributed by atoms with E-state index in [1.807, 2.05) is 66.7 Å². The van der Waals surface area contributed by atoms with Gasteiger partial charge in [-0.05, 0) is 24.3 Å². The first-order valence-corrected chi connectivity index (χ1v) is 7.13. The van der Waals surface area contributed by atoms with Crippen LogP contribution in [0.2, 0.25) is 0 Å². The van der Waals surface area contributed by atoms with Crippen LogP contribution in [0, 0.1) is 0 Å². The average molecular weight is 285 g/mol. The van der Waals surface area contributed by atoms with Gasteiger partial charge in [-0.25, -0.2) is 4.98 Å². The number of para-hydroxylation sites is 1. The summed E-state index contributed by atoms with van der Waals surface area (Å²) < 4.78 is 2.09. The molecule has 0 saturated carbocycles. The van der Waals surface area contributed by atoms with Gasteiger partial charge < -0.3 is 0 Å². The molecule has 0 fully saturated rings. The van der Waals surface area contributed by atoms with Gasteiger partial charge in [-0.2, -0.15) is 0 Å². The minimum Gasteiger partial charge on any atom is -0.292 e. The van der Waals surface area contributed by atoms with Crippen molar-refractivity contribution in [1.29, 1.82) is 0 Å². The Morgan fingerprint density at radius 2 is 1.45 bits per heavy atom. The molecule has 3 heteroatoms. The van der Waals surface area contributed by atoms with Crippen LogP contribution in [0.3, 0.4) is 0 Å². The van der Waals surface area contributed by atoms with E-state index in [0.717, 1.165) is 28.1 Å². The molecule has 0 amide bonds. The van der Waals surface area contributed by atoms with Crippen molar-refractivity contribution in [3.63, 3.8) is 0 Å². The molecule has 0 atom stereocenters. The van der Waals surface area contributed by atoms with E-state index in [-0.39, 0.29) is 5.75 Å². The van der Waals surface area contributed by atoms with Gasteiger partial charge in [-0.3, -0.25) is 9.67 Å². The Balaban J connectivity index is 2.07. The lowest BCUT2D eigenvalue weighted by Crippen LogP contribution is -1.96. The molecule has 4 aromatic rings. The molecule has 4 rings (SSSR count). The predicted octanol–water partition coefficient (Wildman–Crippen LogP) is 4.84. The van der Waals surface area contributed by atoms with E-state index in [1.54, 1.807) is 12.1 Å². The molecule has 1 aromatic heterocycles. The number of fused-ring (bicyclic) bond motifs is 1. The lowest BCUT2D eigenvalue weighted by Gasteiger charge is -2.09. The highest BCUT2D eigenvalue weighted by Crippen LogP contribution is 2.30. The van der Waals surface area contributed by atoms with Gasteiger partial charge in [-0.1, -0.05) is 48.5 Å². The molecule has 0 unspecified atom stereocenters. The zero-order valence-corrected chi connectivity index (χ0v) is 11.8. The summed E-state index contributed by atoms with van der Waals surface area (Å²) in [6, 6.07) is 25.1. The van der Waals surface area contributed by atoms with Crippen molar-refractivity contribution in [3.8, 4) is 22.8 Å². The maximum atomic E-state index is 11.6. The van der Waals surface area contributed by atoms with E-state index in [9.17, 15) is 5.11 Å². The molecule has 3 aromatic carbocycles. The molecule has 105 valence electrons. The summed E-state index contributed by atoms with van der Waals surface area (Å²) in [5.41, 5.74) is 3.71. The molecule has 0 aliphatic carbocycles. The molecular weight excluding hydrogens is 272 g/mol. The lowest BCUT2D eigenvalue weighted by atomic mass is 10.2. The Morgan fingerprint density at radius 3 is 2.18 bits per heavy atom. The predicted molar refractivity (Wildman–Crippen MR) is 86.6 cm³/mol. The maximum absolute atomic E-state index is 11.6. The minimum atomic E-state index is -0.0233. The largest absolute Gasteiger partial charge is 0.292 e. The molecular formula is C19H13N2O. The van der Waals surface area contributed by atoms with Crippen LogP contribution >= 0.6 is 0 Å². The summed E-state index contributed by atoms with van der Waals surface area (Å²) in [6.07, 6.45) is 0. The molecule has 0 bridgehead atoms. The van der Waals surface area contributed by atoms with E-state index in [4.69, 9.17) is 0 Å². The highest BCUT2D eigenvalue weighted by atomic mass is 16.3. The summed E-state index contributed by atoms with van der Waals surface area (Å²) in [5.74, 6) is 0.817. The molecule has 1 heterocycles. The monoisotopic (exact) mass is 285 g/mol. The Morgan fingerprint density at radius 1 is 0.773 bits per heavy atom. The van der Waals surface area contributed by atoms with E-state index in [0.29, 0.717) is 0 Å². The molecule has 0 aliphatic rings. The van der Waals surface area contributed by atoms with Crippen molar-refractivity contribution in [2.24, 2.45) is 0 Å². The topological polar surface area (TPSA) is 37.7 Å². The molecule has 0 spiro atoms. The second kappa shape index (κ2) is 5.04. The van der Waals surface area contributed by atoms with Gasteiger partial charge in [0.2, 0.25) is 0 Å². The van der Waals surface area contributed by atoms with Crippen LogP contribution in [0.5, 0.6) is 5.75 Å². The number of nitrogens with zero attached hydrogens (tertiary/aromatic N) is 2. The fraction of sp³-hybridized carbons (Fsp3) is 0. The second-order valence-corrected chi connectivity index (χ2v) is 5.12. The highest BCUT2D eigenvalue weighted by Gasteiger charge is 2.14. The SMILES string of the molecule is [O]c1ccc2c(c1)nc(-c1ccccc1)n2-c1ccccc1. The Hall–Kier alpha value is -3.07. The van der Waals surface area contributed by atoms with Crippen molar-refractivity contribution in [2.45, 2.75) is 0 Å². The third-order valence-electron chi connectivity index (χ3n) is 3.67. The number of imidazole rings is 1. The number of rotatable bonds is 2. The van der Waals surface area contributed by atoms with E-state index >= 15 is 0 Å². The summed E-state index contributed by atoms with van der Waals surface area (Å²) in [4.78, 5) is 4.68. The standard InChI is InChI=1S/C19H13N2O/c22-16-11-12-18-17(13-16)20-19(14-7-3-1-4-8-14)21(18)15-9-5-2-6-10-15/h1-13H. The zero-order valence-electron chi connectivity index (χ0n) is 11.8. The van der Waals surface area contributed by atoms with Crippen molar-refractivity contribution in [3.05, 3.63) is 78.9 Å². The van der Waals surface area contributed by atoms with Crippen LogP contribution in [-0.4, -0.2) is 9.55 Å². The van der Waals surface area contributed by atoms with Gasteiger partial charge in [0.05, 0.1) is 11.0 Å². The lowest BCUT2D eigenvalue weighted by molar-refractivity contribution is 0.355. The van der Waals surface area contributed by atoms with Crippen molar-refractivity contribution in [2.75, 3.05) is 0 Å². The minimum absolute atomic E-state index is 0.0233. The summed E-state index contributed by atoms with van der Waals surface area (Å²) >= 11 is 0. The van der Waals surface area contributed by atoms with Crippen LogP contribution in [0.15, 0.2) is 78.9 Å². The normalized spacial score (nSPS) is 10.9. The number of benzene rings is 3. The van der Waals surface area contributed by atoms with Crippen molar-refractivity contribution in [1.82, 2.24) is 9.55 Å². The number of hydrogen-bond acceptors (Lipinski definition) is 1. The molecule has 0 aliphatic heterocycles. The second-order valence-electron chi connectivity index (χ2n) is 5.12. The smallest absolute Gasteiger partial charge is 0.180 e. The van der Waals surface area contributed by atoms with Gasteiger partial charge in [0, 0.05) is 17.3 Å². The van der Waals surface area contributed by atoms with Gasteiger partial charge >= 0.3 is 0 Å². The van der Waals surface area contributed by atoms with Crippen LogP contribution < -0.4 is 0 Å². The van der Waals surface area contributed by atoms with Crippen molar-refractivity contribution >= 4 is 11.0 Å². The third kappa shape index (κ3) is 2.04. The first kappa shape index (κ1) is 12.7. The third-order valence-corrected chi connectivity index (χ3v) is 3.67. The van der Waals surface area contributed by atoms with Gasteiger partial charge in [-0.15, -0.1) is 0 Å². The molecule has 22 heavy (non-hydrogen) atoms. The van der Waals surface area contributed by atoms with E-state index in [2.05, 4.69) is 9.55 Å². The van der Waals surface area contributed by atoms with Crippen molar-refractivity contribution < 1.29 is 5.11 Å². The van der Waals surface area contributed by atoms with Crippen LogP contribution in [0.4, 0.5) is 0 Å². The molecule has 0 saturated heterocycles. The Bertz CT molecular complexity index is 928. The van der Waals surface area contributed by atoms with Gasteiger partial charge in [0.15, 0.2) is 5.75 Å². The molecule has 1 radical (unpaired) electrons. The Labute approximate surface area is 128 Å². The fourth-order valence-corrected chi connectivity index (χ4v) is 2.68. The van der Waals surface area contributed by atoms with Gasteiger partial charge in [0.1, 0.15) is 5.82 Å². The van der Waals surface area contributed by atoms with Crippen LogP contribution in [0.25, 0.3) is 28.1 Å². The van der Waals surface area contributed by atoms with Crippen LogP contribution in [0.1, 0.15) is 0 Å². The summed E-state index contributed by atoms with van der Waals surface area (Å²) in [6.45, 7) is 0. The highest BCUT2D eigenvalue weighted by molar-refractivity contribution is 5.84. The number of aromatic nitrogens is 2. The molecule has 0 N–H and O–H groups in total. The maximum Gasteiger partial charge on any atom is 0.180 e.